The van der Waals surface area contributed by atoms with Gasteiger partial charge in [-0.25, -0.2) is 4.79 Å². The van der Waals surface area contributed by atoms with Crippen LogP contribution in [0.3, 0.4) is 0 Å². The van der Waals surface area contributed by atoms with Crippen LogP contribution in [0.4, 0.5) is 16.2 Å². The summed E-state index contributed by atoms with van der Waals surface area (Å²) in [7, 11) is 0. The van der Waals surface area contributed by atoms with Crippen LogP contribution in [-0.4, -0.2) is 24.3 Å². The second-order valence-electron chi connectivity index (χ2n) is 9.66. The molecule has 6 nitrogen and oxygen atoms in total. The molecule has 1 aromatic heterocycles. The average molecular weight is 480 g/mol. The Hall–Kier alpha value is -4.06. The molecule has 0 aliphatic carbocycles. The number of rotatable bonds is 4. The van der Waals surface area contributed by atoms with Gasteiger partial charge in [0.2, 0.25) is 0 Å². The summed E-state index contributed by atoms with van der Waals surface area (Å²) in [5.41, 5.74) is 7.74. The number of benzene rings is 3. The van der Waals surface area contributed by atoms with Crippen LogP contribution < -0.4 is 15.0 Å². The molecule has 2 unspecified atom stereocenters. The number of hydrogen-bond acceptors (Lipinski definition) is 5. The number of ether oxygens (including phenoxy) is 1. The Balaban J connectivity index is 1.43. The minimum atomic E-state index is -0.549. The lowest BCUT2D eigenvalue weighted by molar-refractivity contribution is 0.214. The van der Waals surface area contributed by atoms with Crippen LogP contribution in [0.15, 0.2) is 77.3 Å². The van der Waals surface area contributed by atoms with Crippen molar-refractivity contribution in [1.82, 2.24) is 5.16 Å². The zero-order valence-electron chi connectivity index (χ0n) is 20.5. The van der Waals surface area contributed by atoms with E-state index in [0.717, 1.165) is 31.6 Å². The Morgan fingerprint density at radius 1 is 0.917 bits per heavy atom. The van der Waals surface area contributed by atoms with E-state index in [2.05, 4.69) is 88.2 Å². The maximum atomic E-state index is 12.9. The zero-order chi connectivity index (χ0) is 24.6. The zero-order valence-corrected chi connectivity index (χ0v) is 20.5. The number of nitrogens with one attached hydrogen (secondary N) is 1. The summed E-state index contributed by atoms with van der Waals surface area (Å²) in [5, 5.41) is 6.87. The highest BCUT2D eigenvalue weighted by Crippen LogP contribution is 2.49. The third-order valence-electron chi connectivity index (χ3n) is 7.42. The minimum Gasteiger partial charge on any atom is -0.404 e. The van der Waals surface area contributed by atoms with Gasteiger partial charge in [-0.15, -0.1) is 0 Å². The lowest BCUT2D eigenvalue weighted by atomic mass is 9.76. The Kier molecular flexibility index (Phi) is 5.72. The second kappa shape index (κ2) is 9.19. The molecule has 1 N–H and O–H groups in total. The highest BCUT2D eigenvalue weighted by atomic mass is 16.6. The summed E-state index contributed by atoms with van der Waals surface area (Å²) in [6.07, 6.45) is 1.53. The first-order valence-electron chi connectivity index (χ1n) is 12.5. The molecule has 182 valence electrons. The number of hydrogen-bond donors (Lipinski definition) is 1. The van der Waals surface area contributed by atoms with Crippen molar-refractivity contribution in [2.24, 2.45) is 0 Å². The fourth-order valence-corrected chi connectivity index (χ4v) is 5.78. The maximum Gasteiger partial charge on any atom is 0.417 e. The molecule has 3 heterocycles. The van der Waals surface area contributed by atoms with E-state index in [1.807, 2.05) is 0 Å². The van der Waals surface area contributed by atoms with Crippen molar-refractivity contribution in [3.8, 4) is 5.75 Å². The lowest BCUT2D eigenvalue weighted by Gasteiger charge is -2.43. The number of aromatic nitrogens is 1. The molecular weight excluding hydrogens is 450 g/mol. The van der Waals surface area contributed by atoms with Crippen molar-refractivity contribution in [3.05, 3.63) is 107 Å². The molecule has 0 saturated carbocycles. The van der Waals surface area contributed by atoms with Crippen LogP contribution >= 0.6 is 0 Å². The number of nitrogens with zero attached hydrogens (tertiary/aromatic N) is 2. The summed E-state index contributed by atoms with van der Waals surface area (Å²) in [6.45, 7) is 5.55. The van der Waals surface area contributed by atoms with Gasteiger partial charge in [0.25, 0.3) is 0 Å². The monoisotopic (exact) mass is 479 g/mol. The van der Waals surface area contributed by atoms with Crippen LogP contribution in [0.25, 0.3) is 0 Å². The first-order valence-corrected chi connectivity index (χ1v) is 12.5. The van der Waals surface area contributed by atoms with Gasteiger partial charge in [0.1, 0.15) is 5.69 Å². The summed E-state index contributed by atoms with van der Waals surface area (Å²) < 4.78 is 10.7. The third-order valence-corrected chi connectivity index (χ3v) is 7.42. The average Bonchev–Trinajstić information content (AvgIpc) is 3.22. The Morgan fingerprint density at radius 3 is 1.97 bits per heavy atom. The molecule has 0 bridgehead atoms. The van der Waals surface area contributed by atoms with E-state index in [-0.39, 0.29) is 11.8 Å². The first-order chi connectivity index (χ1) is 17.6. The van der Waals surface area contributed by atoms with Crippen molar-refractivity contribution >= 4 is 17.5 Å². The van der Waals surface area contributed by atoms with Crippen molar-refractivity contribution < 1.29 is 14.1 Å². The molecule has 0 radical (unpaired) electrons. The predicted molar refractivity (Wildman–Crippen MR) is 140 cm³/mol. The van der Waals surface area contributed by atoms with E-state index in [0.29, 0.717) is 17.2 Å². The highest BCUT2D eigenvalue weighted by molar-refractivity contribution is 5.88. The number of carbonyl (C=O) groups is 1. The smallest absolute Gasteiger partial charge is 0.404 e. The molecule has 0 saturated heterocycles. The number of amides is 1. The van der Waals surface area contributed by atoms with Crippen LogP contribution in [-0.2, 0) is 0 Å². The molecule has 36 heavy (non-hydrogen) atoms. The van der Waals surface area contributed by atoms with Crippen molar-refractivity contribution in [3.63, 3.8) is 0 Å². The van der Waals surface area contributed by atoms with Crippen LogP contribution in [0.1, 0.15) is 58.4 Å². The summed E-state index contributed by atoms with van der Waals surface area (Å²) in [5.74, 6) is 1.38. The van der Waals surface area contributed by atoms with E-state index in [9.17, 15) is 4.79 Å². The molecule has 0 fully saturated rings. The minimum absolute atomic E-state index is 0.269. The second-order valence-corrected chi connectivity index (χ2v) is 9.66. The molecule has 6 heteroatoms. The van der Waals surface area contributed by atoms with Gasteiger partial charge in [0.05, 0.1) is 0 Å². The number of carbonyl (C=O) groups excluding carboxylic acids is 1. The fraction of sp³-hybridized carbons (Fsp3) is 0.267. The molecule has 4 aromatic rings. The molecule has 6 rings (SSSR count). The molecule has 1 amide bonds. The van der Waals surface area contributed by atoms with E-state index in [4.69, 9.17) is 9.26 Å². The quantitative estimate of drug-likeness (QED) is 0.349. The molecule has 0 spiro atoms. The van der Waals surface area contributed by atoms with Gasteiger partial charge in [-0.2, -0.15) is 0 Å². The van der Waals surface area contributed by atoms with Crippen LogP contribution in [0.2, 0.25) is 0 Å². The third kappa shape index (κ3) is 4.02. The van der Waals surface area contributed by atoms with Gasteiger partial charge in [-0.05, 0) is 54.2 Å². The Labute approximate surface area is 210 Å². The number of aryl methyl sites for hydroxylation is 2. The van der Waals surface area contributed by atoms with Gasteiger partial charge >= 0.3 is 6.09 Å². The largest absolute Gasteiger partial charge is 0.417 e. The molecular formula is C30H29N3O3. The summed E-state index contributed by atoms with van der Waals surface area (Å²) in [6, 6.07) is 25.6. The predicted octanol–water partition coefficient (Wildman–Crippen LogP) is 6.78. The maximum absolute atomic E-state index is 12.9. The lowest BCUT2D eigenvalue weighted by Crippen LogP contribution is -2.37. The fourth-order valence-electron chi connectivity index (χ4n) is 5.78. The topological polar surface area (TPSA) is 67.6 Å². The first kappa shape index (κ1) is 22.4. The van der Waals surface area contributed by atoms with Crippen LogP contribution in [0, 0.1) is 13.8 Å². The SMILES string of the molecule is Cc1noc(C)c1OC(=O)Nc1cc2c3c(c1)C(c1ccccc1)CCN3CCC2c1ccccc1. The summed E-state index contributed by atoms with van der Waals surface area (Å²) >= 11 is 0. The standard InChI is InChI=1S/C30H29N3O3/c1-19-29(20(2)36-32-19)35-30(34)31-23-17-26-24(21-9-5-3-6-10-21)13-15-33-16-14-25(27(18-23)28(26)33)22-11-7-4-8-12-22/h3-12,17-18,24-25H,13-16H2,1-2H3,(H,31,34). The van der Waals surface area contributed by atoms with Gasteiger partial charge < -0.3 is 14.2 Å². The molecule has 2 aliphatic rings. The van der Waals surface area contributed by atoms with Gasteiger partial charge in [0.15, 0.2) is 11.5 Å². The van der Waals surface area contributed by atoms with Gasteiger partial charge in [0, 0.05) is 43.2 Å². The normalized spacial score (nSPS) is 18.4. The molecule has 2 aliphatic heterocycles. The van der Waals surface area contributed by atoms with E-state index < -0.39 is 6.09 Å². The highest BCUT2D eigenvalue weighted by Gasteiger charge is 2.35. The van der Waals surface area contributed by atoms with Gasteiger partial charge in [-0.3, -0.25) is 5.32 Å². The van der Waals surface area contributed by atoms with E-state index in [1.54, 1.807) is 13.8 Å². The van der Waals surface area contributed by atoms with Crippen molar-refractivity contribution in [1.29, 1.82) is 0 Å². The number of anilines is 2. The van der Waals surface area contributed by atoms with Gasteiger partial charge in [-0.1, -0.05) is 65.8 Å². The van der Waals surface area contributed by atoms with E-state index >= 15 is 0 Å². The molecule has 2 atom stereocenters. The van der Waals surface area contributed by atoms with Crippen LogP contribution in [0.5, 0.6) is 5.75 Å². The summed E-state index contributed by atoms with van der Waals surface area (Å²) in [4.78, 5) is 15.4. The van der Waals surface area contributed by atoms with Crippen molar-refractivity contribution in [2.75, 3.05) is 23.3 Å². The Morgan fingerprint density at radius 2 is 1.47 bits per heavy atom. The molecule has 3 aromatic carbocycles. The van der Waals surface area contributed by atoms with E-state index in [1.165, 1.54) is 27.9 Å². The Bertz CT molecular complexity index is 1310. The van der Waals surface area contributed by atoms with Crippen molar-refractivity contribution in [2.45, 2.75) is 38.5 Å².